The van der Waals surface area contributed by atoms with Crippen LogP contribution in [0.2, 0.25) is 0 Å². The number of aliphatic hydroxyl groups excluding tert-OH is 1. The molecule has 4 rings (SSSR count). The van der Waals surface area contributed by atoms with E-state index in [9.17, 15) is 5.11 Å². The summed E-state index contributed by atoms with van der Waals surface area (Å²) in [6, 6.07) is 2.42. The molecule has 4 aliphatic rings. The van der Waals surface area contributed by atoms with Crippen LogP contribution < -0.4 is 0 Å². The van der Waals surface area contributed by atoms with Crippen molar-refractivity contribution in [1.29, 1.82) is 5.26 Å². The van der Waals surface area contributed by atoms with Gasteiger partial charge in [-0.05, 0) is 43.4 Å². The second kappa shape index (κ2) is 2.48. The van der Waals surface area contributed by atoms with Crippen LogP contribution in [0.4, 0.5) is 0 Å². The smallest absolute Gasteiger partial charge is 0.0662 e. The molecule has 0 spiro atoms. The molecule has 0 aromatic rings. The summed E-state index contributed by atoms with van der Waals surface area (Å²) in [6.07, 6.45) is 4.57. The van der Waals surface area contributed by atoms with Gasteiger partial charge in [0.05, 0.1) is 18.1 Å². The van der Waals surface area contributed by atoms with E-state index in [4.69, 9.17) is 5.26 Å². The molecule has 4 bridgehead atoms. The van der Waals surface area contributed by atoms with Crippen LogP contribution >= 0.6 is 0 Å². The lowest BCUT2D eigenvalue weighted by Gasteiger charge is -2.54. The molecule has 0 heterocycles. The molecule has 0 aromatic heterocycles. The maximum atomic E-state index is 9.98. The number of rotatable bonds is 0. The van der Waals surface area contributed by atoms with Crippen molar-refractivity contribution < 1.29 is 5.11 Å². The van der Waals surface area contributed by atoms with E-state index in [2.05, 4.69) is 6.07 Å². The van der Waals surface area contributed by atoms with Crippen LogP contribution in [0, 0.1) is 40.9 Å². The number of aliphatic hydroxyl groups is 1. The Labute approximate surface area is 78.6 Å². The highest BCUT2D eigenvalue weighted by atomic mass is 16.3. The molecule has 1 N–H and O–H groups in total. The van der Waals surface area contributed by atoms with Crippen molar-refractivity contribution in [2.45, 2.75) is 31.8 Å². The number of nitrogens with zero attached hydrogens (tertiary/aromatic N) is 1. The monoisotopic (exact) mass is 177 g/mol. The summed E-state index contributed by atoms with van der Waals surface area (Å²) < 4.78 is 0. The normalized spacial score (nSPS) is 57.8. The quantitative estimate of drug-likeness (QED) is 0.610. The largest absolute Gasteiger partial charge is 0.393 e. The van der Waals surface area contributed by atoms with Gasteiger partial charge < -0.3 is 5.11 Å². The maximum absolute atomic E-state index is 9.98. The van der Waals surface area contributed by atoms with Crippen LogP contribution in [0.15, 0.2) is 0 Å². The average molecular weight is 177 g/mol. The summed E-state index contributed by atoms with van der Waals surface area (Å²) in [5.74, 6) is 2.48. The maximum Gasteiger partial charge on any atom is 0.0662 e. The van der Waals surface area contributed by atoms with E-state index in [0.717, 1.165) is 18.8 Å². The molecule has 4 fully saturated rings. The number of nitriles is 1. The molecule has 2 heteroatoms. The summed E-state index contributed by atoms with van der Waals surface area (Å²) in [5, 5.41) is 19.0. The van der Waals surface area contributed by atoms with Gasteiger partial charge in [-0.25, -0.2) is 0 Å². The number of hydrogen-bond donors (Lipinski definition) is 1. The summed E-state index contributed by atoms with van der Waals surface area (Å²) >= 11 is 0. The topological polar surface area (TPSA) is 44.0 Å². The first kappa shape index (κ1) is 7.82. The zero-order valence-corrected chi connectivity index (χ0v) is 7.69. The van der Waals surface area contributed by atoms with E-state index in [1.165, 1.54) is 12.8 Å². The van der Waals surface area contributed by atoms with Crippen LogP contribution in [0.3, 0.4) is 0 Å². The highest BCUT2D eigenvalue weighted by Crippen LogP contribution is 2.56. The van der Waals surface area contributed by atoms with Crippen LogP contribution in [-0.2, 0) is 0 Å². The highest BCUT2D eigenvalue weighted by molar-refractivity contribution is 5.08. The Hall–Kier alpha value is -0.550. The van der Waals surface area contributed by atoms with Gasteiger partial charge in [-0.2, -0.15) is 5.26 Å². The Morgan fingerprint density at radius 2 is 1.85 bits per heavy atom. The fourth-order valence-electron chi connectivity index (χ4n) is 4.08. The van der Waals surface area contributed by atoms with Crippen molar-refractivity contribution in [2.24, 2.45) is 29.6 Å². The second-order valence-electron chi connectivity index (χ2n) is 5.14. The first-order valence-corrected chi connectivity index (χ1v) is 5.37. The minimum absolute atomic E-state index is 0.155. The fraction of sp³-hybridized carbons (Fsp3) is 0.909. The van der Waals surface area contributed by atoms with E-state index in [1.54, 1.807) is 0 Å². The second-order valence-corrected chi connectivity index (χ2v) is 5.14. The van der Waals surface area contributed by atoms with Crippen molar-refractivity contribution in [2.75, 3.05) is 0 Å². The minimum Gasteiger partial charge on any atom is -0.393 e. The molecule has 0 aromatic carbocycles. The van der Waals surface area contributed by atoms with Crippen molar-refractivity contribution in [3.05, 3.63) is 0 Å². The van der Waals surface area contributed by atoms with Gasteiger partial charge in [-0.15, -0.1) is 0 Å². The third kappa shape index (κ3) is 0.914. The Kier molecular flexibility index (Phi) is 1.49. The Bertz CT molecular complexity index is 270. The van der Waals surface area contributed by atoms with Gasteiger partial charge in [0.15, 0.2) is 0 Å². The Morgan fingerprint density at radius 1 is 1.08 bits per heavy atom. The van der Waals surface area contributed by atoms with Crippen molar-refractivity contribution in [3.8, 4) is 6.07 Å². The van der Waals surface area contributed by atoms with Crippen LogP contribution in [-0.4, -0.2) is 11.2 Å². The van der Waals surface area contributed by atoms with Crippen LogP contribution in [0.25, 0.3) is 0 Å². The standard InChI is InChI=1S/C11H15NO/c12-5-10-7-1-6-2-8(4-7)11(13)9(10)3-6/h6-11,13H,1-4H2. The zero-order chi connectivity index (χ0) is 9.00. The summed E-state index contributed by atoms with van der Waals surface area (Å²) in [6.45, 7) is 0. The Morgan fingerprint density at radius 3 is 2.62 bits per heavy atom. The lowest BCUT2D eigenvalue weighted by atomic mass is 9.51. The predicted octanol–water partition coefficient (Wildman–Crippen LogP) is 1.55. The van der Waals surface area contributed by atoms with Gasteiger partial charge >= 0.3 is 0 Å². The van der Waals surface area contributed by atoms with Crippen molar-refractivity contribution in [3.63, 3.8) is 0 Å². The lowest BCUT2D eigenvalue weighted by Crippen LogP contribution is -2.53. The lowest BCUT2D eigenvalue weighted by molar-refractivity contribution is -0.114. The molecule has 4 aliphatic carbocycles. The summed E-state index contributed by atoms with van der Waals surface area (Å²) in [5.41, 5.74) is 0. The molecule has 0 saturated heterocycles. The molecule has 6 atom stereocenters. The molecule has 70 valence electrons. The van der Waals surface area contributed by atoms with Crippen LogP contribution in [0.1, 0.15) is 25.7 Å². The molecular formula is C11H15NO. The molecule has 6 unspecified atom stereocenters. The first-order valence-electron chi connectivity index (χ1n) is 5.37. The van der Waals surface area contributed by atoms with E-state index >= 15 is 0 Å². The van der Waals surface area contributed by atoms with Gasteiger partial charge in [0.25, 0.3) is 0 Å². The molecule has 0 radical (unpaired) electrons. The highest BCUT2D eigenvalue weighted by Gasteiger charge is 2.53. The zero-order valence-electron chi connectivity index (χ0n) is 7.69. The molecule has 0 amide bonds. The van der Waals surface area contributed by atoms with E-state index in [1.807, 2.05) is 0 Å². The molecule has 2 nitrogen and oxygen atoms in total. The Balaban J connectivity index is 1.95. The third-order valence-electron chi connectivity index (χ3n) is 4.52. The van der Waals surface area contributed by atoms with Gasteiger partial charge in [0.2, 0.25) is 0 Å². The van der Waals surface area contributed by atoms with Gasteiger partial charge in [0.1, 0.15) is 0 Å². The van der Waals surface area contributed by atoms with Crippen molar-refractivity contribution >= 4 is 0 Å². The molecule has 0 aliphatic heterocycles. The van der Waals surface area contributed by atoms with Crippen molar-refractivity contribution in [1.82, 2.24) is 0 Å². The third-order valence-corrected chi connectivity index (χ3v) is 4.52. The predicted molar refractivity (Wildman–Crippen MR) is 47.5 cm³/mol. The SMILES string of the molecule is N#CC1C2CC3CC(C2)C(O)C1C3. The molecule has 13 heavy (non-hydrogen) atoms. The van der Waals surface area contributed by atoms with E-state index < -0.39 is 0 Å². The van der Waals surface area contributed by atoms with Gasteiger partial charge in [0, 0.05) is 5.92 Å². The van der Waals surface area contributed by atoms with E-state index in [-0.39, 0.29) is 12.0 Å². The van der Waals surface area contributed by atoms with E-state index in [0.29, 0.717) is 17.8 Å². The molecule has 4 saturated carbocycles. The number of hydrogen-bond acceptors (Lipinski definition) is 2. The van der Waals surface area contributed by atoms with Crippen LogP contribution in [0.5, 0.6) is 0 Å². The fourth-order valence-corrected chi connectivity index (χ4v) is 4.08. The summed E-state index contributed by atoms with van der Waals surface area (Å²) in [4.78, 5) is 0. The first-order chi connectivity index (χ1) is 6.29. The average Bonchev–Trinajstić information content (AvgIpc) is 2.13. The van der Waals surface area contributed by atoms with Gasteiger partial charge in [-0.3, -0.25) is 0 Å². The summed E-state index contributed by atoms with van der Waals surface area (Å²) in [7, 11) is 0. The molecular weight excluding hydrogens is 162 g/mol. The van der Waals surface area contributed by atoms with Gasteiger partial charge in [-0.1, -0.05) is 0 Å². The minimum atomic E-state index is -0.155.